The second-order valence-electron chi connectivity index (χ2n) is 4.00. The van der Waals surface area contributed by atoms with Crippen LogP contribution in [0.4, 0.5) is 0 Å². The highest BCUT2D eigenvalue weighted by molar-refractivity contribution is 9.10. The lowest BCUT2D eigenvalue weighted by Gasteiger charge is -2.06. The van der Waals surface area contributed by atoms with E-state index in [4.69, 9.17) is 5.73 Å². The van der Waals surface area contributed by atoms with Crippen molar-refractivity contribution in [2.75, 3.05) is 0 Å². The van der Waals surface area contributed by atoms with Crippen molar-refractivity contribution in [1.29, 1.82) is 0 Å². The predicted octanol–water partition coefficient (Wildman–Crippen LogP) is 2.82. The summed E-state index contributed by atoms with van der Waals surface area (Å²) in [5.41, 5.74) is 9.70. The van der Waals surface area contributed by atoms with E-state index >= 15 is 0 Å². The molecule has 0 spiro atoms. The van der Waals surface area contributed by atoms with Crippen LogP contribution in [0.15, 0.2) is 39.5 Å². The van der Waals surface area contributed by atoms with E-state index in [1.165, 1.54) is 0 Å². The molecule has 0 saturated carbocycles. The van der Waals surface area contributed by atoms with E-state index in [9.17, 15) is 0 Å². The van der Waals surface area contributed by atoms with E-state index in [0.29, 0.717) is 5.70 Å². The Hall–Kier alpha value is -1.69. The lowest BCUT2D eigenvalue weighted by molar-refractivity contribution is 1.23. The zero-order valence-corrected chi connectivity index (χ0v) is 12.3. The summed E-state index contributed by atoms with van der Waals surface area (Å²) in [5.74, 6) is 0. The van der Waals surface area contributed by atoms with Gasteiger partial charge in [0.1, 0.15) is 5.52 Å². The average Bonchev–Trinajstić information content (AvgIpc) is 2.39. The molecule has 2 aromatic rings. The Morgan fingerprint density at radius 2 is 2.26 bits per heavy atom. The van der Waals surface area contributed by atoms with E-state index < -0.39 is 0 Å². The SMILES string of the molecule is C[B]N=CC(=C(C)N)c1cnc2c(Br)cccc2n1. The van der Waals surface area contributed by atoms with Crippen LogP contribution in [0, 0.1) is 0 Å². The lowest BCUT2D eigenvalue weighted by Crippen LogP contribution is -2.02. The van der Waals surface area contributed by atoms with E-state index in [1.54, 1.807) is 19.8 Å². The van der Waals surface area contributed by atoms with E-state index in [0.717, 1.165) is 26.8 Å². The van der Waals surface area contributed by atoms with Gasteiger partial charge in [0, 0.05) is 22.0 Å². The van der Waals surface area contributed by atoms with E-state index in [-0.39, 0.29) is 0 Å². The highest BCUT2D eigenvalue weighted by Gasteiger charge is 2.07. The second-order valence-corrected chi connectivity index (χ2v) is 4.85. The Bertz CT molecular complexity index is 663. The summed E-state index contributed by atoms with van der Waals surface area (Å²) in [6, 6.07) is 5.79. The smallest absolute Gasteiger partial charge is 0.271 e. The van der Waals surface area contributed by atoms with Crippen LogP contribution in [0.1, 0.15) is 12.6 Å². The van der Waals surface area contributed by atoms with Gasteiger partial charge in [0.15, 0.2) is 0 Å². The summed E-state index contributed by atoms with van der Waals surface area (Å²) in [6.45, 7) is 3.67. The molecule has 0 aliphatic heterocycles. The highest BCUT2D eigenvalue weighted by Crippen LogP contribution is 2.22. The Kier molecular flexibility index (Phi) is 4.32. The summed E-state index contributed by atoms with van der Waals surface area (Å²) in [5, 5.41) is 0. The minimum Gasteiger partial charge on any atom is -0.402 e. The highest BCUT2D eigenvalue weighted by atomic mass is 79.9. The molecule has 19 heavy (non-hydrogen) atoms. The summed E-state index contributed by atoms with van der Waals surface area (Å²) < 4.78 is 0.926. The van der Waals surface area contributed by atoms with Gasteiger partial charge in [-0.15, -0.1) is 0 Å². The molecule has 0 aliphatic rings. The summed E-state index contributed by atoms with van der Waals surface area (Å²) in [7, 11) is 1.70. The van der Waals surface area contributed by atoms with Crippen molar-refractivity contribution in [2.24, 2.45) is 10.6 Å². The number of hydrogen-bond donors (Lipinski definition) is 1. The first-order chi connectivity index (χ1) is 9.13. The van der Waals surface area contributed by atoms with Gasteiger partial charge in [-0.1, -0.05) is 12.9 Å². The first-order valence-electron chi connectivity index (χ1n) is 5.82. The normalized spacial score (nSPS) is 12.8. The minimum absolute atomic E-state index is 0.661. The molecule has 0 aliphatic carbocycles. The molecule has 1 aromatic carbocycles. The molecule has 2 N–H and O–H groups in total. The molecule has 0 unspecified atom stereocenters. The van der Waals surface area contributed by atoms with Crippen LogP contribution in [-0.4, -0.2) is 23.6 Å². The topological polar surface area (TPSA) is 64.2 Å². The number of benzene rings is 1. The van der Waals surface area contributed by atoms with Crippen molar-refractivity contribution in [3.8, 4) is 0 Å². The quantitative estimate of drug-likeness (QED) is 0.699. The fourth-order valence-corrected chi connectivity index (χ4v) is 2.11. The number of aromatic nitrogens is 2. The average molecular weight is 316 g/mol. The maximum Gasteiger partial charge on any atom is 0.271 e. The number of fused-ring (bicyclic) bond motifs is 1. The van der Waals surface area contributed by atoms with Crippen molar-refractivity contribution in [1.82, 2.24) is 9.97 Å². The van der Waals surface area contributed by atoms with Crippen LogP contribution in [0.3, 0.4) is 0 Å². The van der Waals surface area contributed by atoms with Gasteiger partial charge >= 0.3 is 0 Å². The third-order valence-electron chi connectivity index (χ3n) is 2.58. The first-order valence-corrected chi connectivity index (χ1v) is 6.61. The Balaban J connectivity index is 2.57. The standard InChI is InChI=1S/C13H13BBrN4/c1-8(16)9(6-18-14-2)12-7-17-13-10(15)4-3-5-11(13)19-12/h3-7H,16H2,1-2H3. The van der Waals surface area contributed by atoms with Crippen LogP contribution in [0.25, 0.3) is 16.6 Å². The van der Waals surface area contributed by atoms with E-state index in [2.05, 4.69) is 30.8 Å². The summed E-state index contributed by atoms with van der Waals surface area (Å²) in [4.78, 5) is 13.1. The Labute approximate surface area is 121 Å². The van der Waals surface area contributed by atoms with Crippen molar-refractivity contribution >= 4 is 46.2 Å². The molecule has 0 atom stereocenters. The van der Waals surface area contributed by atoms with Gasteiger partial charge in [-0.3, -0.25) is 4.98 Å². The fourth-order valence-electron chi connectivity index (χ4n) is 1.66. The van der Waals surface area contributed by atoms with E-state index in [1.807, 2.05) is 31.9 Å². The lowest BCUT2D eigenvalue weighted by atomic mass is 10.0. The van der Waals surface area contributed by atoms with Gasteiger partial charge in [-0.25, -0.2) is 4.98 Å². The zero-order chi connectivity index (χ0) is 13.8. The maximum absolute atomic E-state index is 5.88. The number of nitrogens with two attached hydrogens (primary N) is 1. The minimum atomic E-state index is 0.661. The maximum atomic E-state index is 5.88. The van der Waals surface area contributed by atoms with Crippen molar-refractivity contribution < 1.29 is 0 Å². The van der Waals surface area contributed by atoms with Crippen molar-refractivity contribution in [3.63, 3.8) is 0 Å². The second kappa shape index (κ2) is 5.97. The molecular formula is C13H13BBrN4. The fraction of sp³-hybridized carbons (Fsp3) is 0.154. The molecule has 4 nitrogen and oxygen atoms in total. The van der Waals surface area contributed by atoms with Crippen LogP contribution >= 0.6 is 15.9 Å². The molecular weight excluding hydrogens is 303 g/mol. The summed E-state index contributed by atoms with van der Waals surface area (Å²) >= 11 is 3.46. The first kappa shape index (κ1) is 13.7. The molecule has 1 heterocycles. The van der Waals surface area contributed by atoms with Gasteiger partial charge in [-0.05, 0) is 35.0 Å². The van der Waals surface area contributed by atoms with Crippen LogP contribution in [0.5, 0.6) is 0 Å². The molecule has 0 bridgehead atoms. The largest absolute Gasteiger partial charge is 0.402 e. The number of nitrogens with zero attached hydrogens (tertiary/aromatic N) is 3. The van der Waals surface area contributed by atoms with Gasteiger partial charge in [0.05, 0.1) is 17.4 Å². The molecule has 2 rings (SSSR count). The van der Waals surface area contributed by atoms with Gasteiger partial charge in [0.25, 0.3) is 7.41 Å². The van der Waals surface area contributed by atoms with Crippen LogP contribution in [-0.2, 0) is 0 Å². The van der Waals surface area contributed by atoms with Crippen molar-refractivity contribution in [3.05, 3.63) is 40.3 Å². The summed E-state index contributed by atoms with van der Waals surface area (Å²) in [6.07, 6.45) is 3.41. The third-order valence-corrected chi connectivity index (χ3v) is 3.22. The van der Waals surface area contributed by atoms with Gasteiger partial charge < -0.3 is 10.6 Å². The van der Waals surface area contributed by atoms with Crippen molar-refractivity contribution in [2.45, 2.75) is 13.7 Å². The predicted molar refractivity (Wildman–Crippen MR) is 84.1 cm³/mol. The number of allylic oxidation sites excluding steroid dienone is 2. The molecule has 0 fully saturated rings. The molecule has 1 aromatic heterocycles. The molecule has 6 heteroatoms. The zero-order valence-electron chi connectivity index (χ0n) is 10.8. The third kappa shape index (κ3) is 3.01. The molecule has 1 radical (unpaired) electrons. The van der Waals surface area contributed by atoms with Crippen LogP contribution < -0.4 is 5.73 Å². The number of hydrogen-bond acceptors (Lipinski definition) is 4. The molecule has 95 valence electrons. The monoisotopic (exact) mass is 315 g/mol. The Morgan fingerprint density at radius 3 is 2.95 bits per heavy atom. The number of halogens is 1. The van der Waals surface area contributed by atoms with Crippen LogP contribution in [0.2, 0.25) is 6.82 Å². The molecule has 0 saturated heterocycles. The van der Waals surface area contributed by atoms with Gasteiger partial charge in [-0.2, -0.15) is 0 Å². The molecule has 0 amide bonds. The Morgan fingerprint density at radius 1 is 1.47 bits per heavy atom. The number of para-hydroxylation sites is 1. The van der Waals surface area contributed by atoms with Gasteiger partial charge in [0.2, 0.25) is 0 Å². The number of rotatable bonds is 3.